The molecule has 0 aromatic heterocycles. The number of amides is 1. The van der Waals surface area contributed by atoms with E-state index in [9.17, 15) is 28.4 Å². The van der Waals surface area contributed by atoms with Crippen LogP contribution >= 0.6 is 0 Å². The molecule has 2 rings (SSSR count). The average molecular weight is 452 g/mol. The Kier molecular flexibility index (Phi) is 8.73. The summed E-state index contributed by atoms with van der Waals surface area (Å²) in [6, 6.07) is 11.6. The van der Waals surface area contributed by atoms with Crippen LogP contribution < -0.4 is 20.1 Å². The van der Waals surface area contributed by atoms with E-state index in [1.165, 1.54) is 48.5 Å². The molecule has 0 aliphatic carbocycles. The van der Waals surface area contributed by atoms with Crippen LogP contribution in [0.25, 0.3) is 0 Å². The first-order valence-electron chi connectivity index (χ1n) is 9.26. The van der Waals surface area contributed by atoms with Crippen LogP contribution in [0.5, 0.6) is 5.75 Å². The number of ether oxygens (including phenoxy) is 1. The minimum absolute atomic E-state index is 0.00499. The summed E-state index contributed by atoms with van der Waals surface area (Å²) < 4.78 is 30.0. The Hall–Kier alpha value is -3.22. The zero-order valence-corrected chi connectivity index (χ0v) is 17.6. The first kappa shape index (κ1) is 24.1. The first-order valence-corrected chi connectivity index (χ1v) is 11.2. The maximum absolute atomic E-state index is 12.1. The molecule has 0 saturated carbocycles. The van der Waals surface area contributed by atoms with Crippen molar-refractivity contribution >= 4 is 27.3 Å². The second kappa shape index (κ2) is 11.2. The molecule has 0 saturated heterocycles. The predicted molar refractivity (Wildman–Crippen MR) is 115 cm³/mol. The summed E-state index contributed by atoms with van der Waals surface area (Å²) in [7, 11) is -3.38. The van der Waals surface area contributed by atoms with Crippen LogP contribution in [0.3, 0.4) is 0 Å². The maximum Gasteiger partial charge on any atom is 0.269 e. The Morgan fingerprint density at radius 2 is 1.77 bits per heavy atom. The van der Waals surface area contributed by atoms with E-state index in [4.69, 9.17) is 4.74 Å². The highest BCUT2D eigenvalue weighted by atomic mass is 32.2. The second-order valence-corrected chi connectivity index (χ2v) is 8.38. The third-order valence-electron chi connectivity index (χ3n) is 3.91. The number of rotatable bonds is 12. The van der Waals surface area contributed by atoms with Gasteiger partial charge in [-0.25, -0.2) is 8.42 Å². The number of aliphatic hydroxyl groups is 1. The summed E-state index contributed by atoms with van der Waals surface area (Å²) in [6.07, 6.45) is 0.236. The van der Waals surface area contributed by atoms with Crippen molar-refractivity contribution in [3.05, 3.63) is 64.2 Å². The second-order valence-electron chi connectivity index (χ2n) is 6.63. The monoisotopic (exact) mass is 452 g/mol. The minimum Gasteiger partial charge on any atom is -0.491 e. The van der Waals surface area contributed by atoms with Gasteiger partial charge in [-0.2, -0.15) is 0 Å². The van der Waals surface area contributed by atoms with E-state index >= 15 is 0 Å². The Bertz CT molecular complexity index is 979. The molecule has 2 aromatic carbocycles. The topological polar surface area (TPSA) is 160 Å². The number of nitrogens with zero attached hydrogens (tertiary/aromatic N) is 1. The van der Waals surface area contributed by atoms with Gasteiger partial charge in [0.1, 0.15) is 18.5 Å². The third-order valence-corrected chi connectivity index (χ3v) is 4.51. The van der Waals surface area contributed by atoms with E-state index in [1.807, 2.05) is 0 Å². The average Bonchev–Trinajstić information content (AvgIpc) is 2.71. The van der Waals surface area contributed by atoms with Crippen molar-refractivity contribution in [1.29, 1.82) is 0 Å². The molecule has 0 bridgehead atoms. The number of hydrogen-bond donors (Lipinski definition) is 4. The number of nitrogens with one attached hydrogen (secondary N) is 3. The maximum atomic E-state index is 12.1. The Morgan fingerprint density at radius 1 is 1.13 bits per heavy atom. The van der Waals surface area contributed by atoms with Gasteiger partial charge in [0.2, 0.25) is 10.0 Å². The molecular weight excluding hydrogens is 428 g/mol. The van der Waals surface area contributed by atoms with E-state index < -0.39 is 21.1 Å². The first-order chi connectivity index (χ1) is 14.6. The number of benzene rings is 2. The summed E-state index contributed by atoms with van der Waals surface area (Å²) in [5, 5.41) is 26.2. The number of anilines is 1. The van der Waals surface area contributed by atoms with Crippen LogP contribution in [0.2, 0.25) is 0 Å². The summed E-state index contributed by atoms with van der Waals surface area (Å²) in [4.78, 5) is 22.2. The molecule has 2 aromatic rings. The number of non-ortho nitro benzene ring substituents is 1. The van der Waals surface area contributed by atoms with Crippen molar-refractivity contribution < 1.29 is 28.0 Å². The molecule has 0 fully saturated rings. The molecule has 4 N–H and O–H groups in total. The number of nitro benzene ring substituents is 1. The molecule has 1 unspecified atom stereocenters. The molecule has 168 valence electrons. The van der Waals surface area contributed by atoms with Gasteiger partial charge in [0.15, 0.2) is 0 Å². The summed E-state index contributed by atoms with van der Waals surface area (Å²) in [6.45, 7) is 0.964. The standard InChI is InChI=1S/C19H24N4O7S/c1-31(28,29)22-15-4-2-14(3-5-15)19(25)21-11-10-20-12-17(24)13-30-18-8-6-16(7-9-18)23(26)27/h2-9,17,20,22,24H,10-13H2,1H3,(H,21,25). The van der Waals surface area contributed by atoms with Crippen LogP contribution in [-0.2, 0) is 10.0 Å². The van der Waals surface area contributed by atoms with Gasteiger partial charge in [0.05, 0.1) is 11.2 Å². The van der Waals surface area contributed by atoms with Crippen molar-refractivity contribution in [3.8, 4) is 5.75 Å². The Morgan fingerprint density at radius 3 is 2.35 bits per heavy atom. The molecule has 11 nitrogen and oxygen atoms in total. The fraction of sp³-hybridized carbons (Fsp3) is 0.316. The highest BCUT2D eigenvalue weighted by Gasteiger charge is 2.09. The van der Waals surface area contributed by atoms with Gasteiger partial charge in [-0.15, -0.1) is 0 Å². The van der Waals surface area contributed by atoms with Gasteiger partial charge in [-0.1, -0.05) is 0 Å². The van der Waals surface area contributed by atoms with E-state index in [-0.39, 0.29) is 24.7 Å². The minimum atomic E-state index is -3.38. The lowest BCUT2D eigenvalue weighted by molar-refractivity contribution is -0.384. The lowest BCUT2D eigenvalue weighted by atomic mass is 10.2. The highest BCUT2D eigenvalue weighted by Crippen LogP contribution is 2.17. The lowest BCUT2D eigenvalue weighted by Crippen LogP contribution is -2.37. The molecule has 0 spiro atoms. The van der Waals surface area contributed by atoms with Crippen LogP contribution in [0.4, 0.5) is 11.4 Å². The number of hydrogen-bond acceptors (Lipinski definition) is 8. The number of sulfonamides is 1. The van der Waals surface area contributed by atoms with E-state index in [2.05, 4.69) is 15.4 Å². The van der Waals surface area contributed by atoms with Gasteiger partial charge in [0, 0.05) is 43.0 Å². The highest BCUT2D eigenvalue weighted by molar-refractivity contribution is 7.92. The quantitative estimate of drug-likeness (QED) is 0.208. The molecule has 0 radical (unpaired) electrons. The van der Waals surface area contributed by atoms with Crippen molar-refractivity contribution in [2.24, 2.45) is 0 Å². The lowest BCUT2D eigenvalue weighted by Gasteiger charge is -2.13. The Balaban J connectivity index is 1.62. The van der Waals surface area contributed by atoms with Crippen molar-refractivity contribution in [2.75, 3.05) is 37.2 Å². The Labute approximate surface area is 179 Å². The van der Waals surface area contributed by atoms with Gasteiger partial charge >= 0.3 is 0 Å². The van der Waals surface area contributed by atoms with Crippen LogP contribution in [0, 0.1) is 10.1 Å². The molecule has 0 aliphatic rings. The van der Waals surface area contributed by atoms with Crippen molar-refractivity contribution in [3.63, 3.8) is 0 Å². The van der Waals surface area contributed by atoms with Crippen LogP contribution in [0.1, 0.15) is 10.4 Å². The van der Waals surface area contributed by atoms with E-state index in [1.54, 1.807) is 0 Å². The summed E-state index contributed by atoms with van der Waals surface area (Å²) in [5.74, 6) is 0.101. The number of carbonyl (C=O) groups is 1. The molecule has 0 aliphatic heterocycles. The van der Waals surface area contributed by atoms with Gasteiger partial charge < -0.3 is 20.5 Å². The SMILES string of the molecule is CS(=O)(=O)Nc1ccc(C(=O)NCCNCC(O)COc2ccc([N+](=O)[O-])cc2)cc1. The predicted octanol–water partition coefficient (Wildman–Crippen LogP) is 0.726. The zero-order valence-electron chi connectivity index (χ0n) is 16.8. The molecule has 1 amide bonds. The molecular formula is C19H24N4O7S. The smallest absolute Gasteiger partial charge is 0.269 e. The fourth-order valence-electron chi connectivity index (χ4n) is 2.45. The molecule has 1 atom stereocenters. The number of nitro groups is 1. The van der Waals surface area contributed by atoms with Crippen LogP contribution in [0.15, 0.2) is 48.5 Å². The number of aliphatic hydroxyl groups excluding tert-OH is 1. The van der Waals surface area contributed by atoms with E-state index in [0.717, 1.165) is 6.26 Å². The van der Waals surface area contributed by atoms with Gasteiger partial charge in [0.25, 0.3) is 11.6 Å². The normalized spacial score (nSPS) is 12.1. The molecule has 12 heteroatoms. The molecule has 0 heterocycles. The number of carbonyl (C=O) groups excluding carboxylic acids is 1. The van der Waals surface area contributed by atoms with Gasteiger partial charge in [-0.05, 0) is 36.4 Å². The van der Waals surface area contributed by atoms with E-state index in [0.29, 0.717) is 30.1 Å². The summed E-state index contributed by atoms with van der Waals surface area (Å²) in [5.41, 5.74) is 0.708. The summed E-state index contributed by atoms with van der Waals surface area (Å²) >= 11 is 0. The third kappa shape index (κ3) is 8.99. The fourth-order valence-corrected chi connectivity index (χ4v) is 3.02. The van der Waals surface area contributed by atoms with Gasteiger partial charge in [-0.3, -0.25) is 19.6 Å². The van der Waals surface area contributed by atoms with Crippen molar-refractivity contribution in [2.45, 2.75) is 6.10 Å². The zero-order chi connectivity index (χ0) is 22.9. The van der Waals surface area contributed by atoms with Crippen LogP contribution in [-0.4, -0.2) is 63.0 Å². The van der Waals surface area contributed by atoms with Crippen molar-refractivity contribution in [1.82, 2.24) is 10.6 Å². The largest absolute Gasteiger partial charge is 0.491 e. The molecule has 31 heavy (non-hydrogen) atoms.